The lowest BCUT2D eigenvalue weighted by molar-refractivity contribution is -0.148. The van der Waals surface area contributed by atoms with Gasteiger partial charge in [0.2, 0.25) is 5.00 Å². The minimum Gasteiger partial charge on any atom is -0.463 e. The van der Waals surface area contributed by atoms with Crippen molar-refractivity contribution in [3.8, 4) is 0 Å². The van der Waals surface area contributed by atoms with Gasteiger partial charge in [0, 0.05) is 17.1 Å². The Balaban J connectivity index is 1.90. The molecule has 0 saturated carbocycles. The first-order valence-electron chi connectivity index (χ1n) is 13.0. The van der Waals surface area contributed by atoms with E-state index in [4.69, 9.17) is 32.7 Å². The van der Waals surface area contributed by atoms with E-state index in [9.17, 15) is 14.4 Å². The molecule has 3 aromatic carbocycles. The summed E-state index contributed by atoms with van der Waals surface area (Å²) in [5.74, 6) is -1.02. The molecule has 40 heavy (non-hydrogen) atoms. The quantitative estimate of drug-likeness (QED) is 0.123. The van der Waals surface area contributed by atoms with Crippen LogP contribution in [0, 0.1) is 0 Å². The van der Waals surface area contributed by atoms with Crippen LogP contribution in [0.1, 0.15) is 55.2 Å². The summed E-state index contributed by atoms with van der Waals surface area (Å²) in [4.78, 5) is 41.8. The number of nitrogens with zero attached hydrogens (tertiary/aromatic N) is 2. The van der Waals surface area contributed by atoms with Gasteiger partial charge in [-0.2, -0.15) is 0 Å². The van der Waals surface area contributed by atoms with Crippen LogP contribution in [0.15, 0.2) is 78.9 Å². The molecular weight excluding hydrogens is 551 g/mol. The second-order valence-electron chi connectivity index (χ2n) is 10.5. The second-order valence-corrected chi connectivity index (χ2v) is 11.5. The molecule has 0 aliphatic carbocycles. The van der Waals surface area contributed by atoms with Gasteiger partial charge in [0.1, 0.15) is 5.60 Å². The van der Waals surface area contributed by atoms with Crippen molar-refractivity contribution in [1.29, 1.82) is 0 Å². The van der Waals surface area contributed by atoms with E-state index in [2.05, 4.69) is 0 Å². The standard InChI is InChI=1S/C31H32Cl2N2O5/c1-5-39-28(37)31(33)27(24-17-16-23(32)18-25(24)35(31)29(38)40-30(2,3)4)34(19-21-12-8-6-9-13-21)20-26(36)22-14-10-7-11-15-22/h6-18,27H,5,19-20H2,1-4H3. The maximum atomic E-state index is 13.8. The summed E-state index contributed by atoms with van der Waals surface area (Å²) in [7, 11) is 0. The number of halogens is 2. The predicted octanol–water partition coefficient (Wildman–Crippen LogP) is 7.02. The Bertz CT molecular complexity index is 1380. The molecule has 0 fully saturated rings. The van der Waals surface area contributed by atoms with Gasteiger partial charge in [-0.15, -0.1) is 0 Å². The van der Waals surface area contributed by atoms with Crippen molar-refractivity contribution in [2.24, 2.45) is 0 Å². The van der Waals surface area contributed by atoms with Gasteiger partial charge < -0.3 is 9.47 Å². The zero-order valence-electron chi connectivity index (χ0n) is 22.9. The highest BCUT2D eigenvalue weighted by Gasteiger charge is 2.62. The maximum Gasteiger partial charge on any atom is 0.416 e. The maximum absolute atomic E-state index is 13.8. The van der Waals surface area contributed by atoms with Crippen LogP contribution < -0.4 is 4.90 Å². The number of benzene rings is 3. The lowest BCUT2D eigenvalue weighted by Crippen LogP contribution is -2.58. The van der Waals surface area contributed by atoms with E-state index in [1.165, 1.54) is 0 Å². The fourth-order valence-corrected chi connectivity index (χ4v) is 5.45. The third-order valence-corrected chi connectivity index (χ3v) is 7.15. The van der Waals surface area contributed by atoms with Crippen molar-refractivity contribution in [3.63, 3.8) is 0 Å². The first-order valence-corrected chi connectivity index (χ1v) is 13.8. The van der Waals surface area contributed by atoms with Crippen LogP contribution in [0.3, 0.4) is 0 Å². The first kappa shape index (κ1) is 29.6. The molecule has 0 aromatic heterocycles. The van der Waals surface area contributed by atoms with E-state index in [-0.39, 0.29) is 25.5 Å². The molecule has 4 rings (SSSR count). The monoisotopic (exact) mass is 582 g/mol. The van der Waals surface area contributed by atoms with Crippen LogP contribution in [0.25, 0.3) is 0 Å². The van der Waals surface area contributed by atoms with Gasteiger partial charge >= 0.3 is 12.1 Å². The largest absolute Gasteiger partial charge is 0.463 e. The molecule has 0 radical (unpaired) electrons. The Morgan fingerprint density at radius 1 is 0.975 bits per heavy atom. The molecule has 2 atom stereocenters. The number of hydrogen-bond acceptors (Lipinski definition) is 6. The van der Waals surface area contributed by atoms with Gasteiger partial charge in [0.05, 0.1) is 24.9 Å². The predicted molar refractivity (Wildman–Crippen MR) is 156 cm³/mol. The van der Waals surface area contributed by atoms with Crippen LogP contribution in [0.2, 0.25) is 5.02 Å². The minimum absolute atomic E-state index is 0.0287. The average Bonchev–Trinajstić information content (AvgIpc) is 3.17. The second kappa shape index (κ2) is 12.0. The van der Waals surface area contributed by atoms with E-state index in [0.29, 0.717) is 21.8 Å². The van der Waals surface area contributed by atoms with Crippen LogP contribution in [-0.2, 0) is 20.8 Å². The molecular formula is C31H32Cl2N2O5. The Kier molecular flexibility index (Phi) is 8.88. The van der Waals surface area contributed by atoms with Crippen LogP contribution in [0.4, 0.5) is 10.5 Å². The molecule has 1 amide bonds. The molecule has 7 nitrogen and oxygen atoms in total. The third-order valence-electron chi connectivity index (χ3n) is 6.39. The van der Waals surface area contributed by atoms with Crippen molar-refractivity contribution in [2.45, 2.75) is 50.9 Å². The highest BCUT2D eigenvalue weighted by Crippen LogP contribution is 2.54. The van der Waals surface area contributed by atoms with Gasteiger partial charge in [-0.25, -0.2) is 14.5 Å². The number of ketones is 1. The lowest BCUT2D eigenvalue weighted by atomic mass is 9.98. The summed E-state index contributed by atoms with van der Waals surface area (Å²) in [5, 5.41) is 0.339. The molecule has 9 heteroatoms. The number of alkyl halides is 1. The van der Waals surface area contributed by atoms with Crippen LogP contribution >= 0.6 is 23.2 Å². The van der Waals surface area contributed by atoms with Crippen molar-refractivity contribution >= 4 is 46.7 Å². The molecule has 1 heterocycles. The fraction of sp³-hybridized carbons (Fsp3) is 0.323. The highest BCUT2D eigenvalue weighted by atomic mass is 35.5. The highest BCUT2D eigenvalue weighted by molar-refractivity contribution is 6.39. The Hall–Kier alpha value is -3.39. The Morgan fingerprint density at radius 2 is 1.60 bits per heavy atom. The number of carbonyl (C=O) groups excluding carboxylic acids is 3. The van der Waals surface area contributed by atoms with Gasteiger partial charge in [-0.05, 0) is 51.0 Å². The molecule has 0 N–H and O–H groups in total. The van der Waals surface area contributed by atoms with E-state index >= 15 is 0 Å². The van der Waals surface area contributed by atoms with E-state index < -0.39 is 28.7 Å². The summed E-state index contributed by atoms with van der Waals surface area (Å²) in [6, 6.07) is 22.3. The summed E-state index contributed by atoms with van der Waals surface area (Å²) in [5.41, 5.74) is 1.36. The van der Waals surface area contributed by atoms with Crippen molar-refractivity contribution in [1.82, 2.24) is 4.90 Å². The number of rotatable bonds is 8. The molecule has 1 aliphatic rings. The summed E-state index contributed by atoms with van der Waals surface area (Å²) >= 11 is 13.7. The first-order chi connectivity index (χ1) is 19.0. The molecule has 0 saturated heterocycles. The van der Waals surface area contributed by atoms with Gasteiger partial charge in [0.15, 0.2) is 5.78 Å². The van der Waals surface area contributed by atoms with E-state index in [1.54, 1.807) is 75.1 Å². The smallest absolute Gasteiger partial charge is 0.416 e. The number of hydrogen-bond donors (Lipinski definition) is 0. The topological polar surface area (TPSA) is 76.2 Å². The molecule has 2 unspecified atom stereocenters. The number of ether oxygens (including phenoxy) is 2. The minimum atomic E-state index is -2.10. The van der Waals surface area contributed by atoms with Crippen molar-refractivity contribution in [2.75, 3.05) is 18.1 Å². The van der Waals surface area contributed by atoms with E-state index in [1.807, 2.05) is 36.4 Å². The fourth-order valence-electron chi connectivity index (χ4n) is 4.81. The summed E-state index contributed by atoms with van der Waals surface area (Å²) in [6.07, 6.45) is -0.837. The molecule has 3 aromatic rings. The third kappa shape index (κ3) is 6.17. The average molecular weight is 584 g/mol. The number of carbonyl (C=O) groups is 3. The molecule has 1 aliphatic heterocycles. The van der Waals surface area contributed by atoms with Gasteiger partial charge in [-0.3, -0.25) is 9.69 Å². The summed E-state index contributed by atoms with van der Waals surface area (Å²) < 4.78 is 11.2. The number of amides is 1. The molecule has 0 bridgehead atoms. The van der Waals surface area contributed by atoms with Crippen molar-refractivity contribution < 1.29 is 23.9 Å². The SMILES string of the molecule is CCOC(=O)C1(Cl)C(N(CC(=O)c2ccccc2)Cc2ccccc2)c2ccc(Cl)cc2N1C(=O)OC(C)(C)C. The van der Waals surface area contributed by atoms with Crippen LogP contribution in [-0.4, -0.2) is 46.5 Å². The van der Waals surface area contributed by atoms with E-state index in [0.717, 1.165) is 10.5 Å². The van der Waals surface area contributed by atoms with Crippen LogP contribution in [0.5, 0.6) is 0 Å². The number of esters is 1. The molecule has 210 valence electrons. The zero-order valence-corrected chi connectivity index (χ0v) is 24.4. The number of Topliss-reactive ketones (excluding diaryl/α,β-unsaturated/α-hetero) is 1. The lowest BCUT2D eigenvalue weighted by Gasteiger charge is -2.40. The van der Waals surface area contributed by atoms with Crippen molar-refractivity contribution in [3.05, 3.63) is 101 Å². The number of fused-ring (bicyclic) bond motifs is 1. The zero-order chi connectivity index (χ0) is 29.1. The van der Waals surface area contributed by atoms with Gasteiger partial charge in [-0.1, -0.05) is 89.9 Å². The Morgan fingerprint density at radius 3 is 2.20 bits per heavy atom. The normalized spacial score (nSPS) is 18.4. The molecule has 0 spiro atoms. The van der Waals surface area contributed by atoms with Gasteiger partial charge in [0.25, 0.3) is 0 Å². The Labute approximate surface area is 244 Å². The number of anilines is 1. The summed E-state index contributed by atoms with van der Waals surface area (Å²) in [6.45, 7) is 7.00.